The second kappa shape index (κ2) is 8.06. The molecule has 0 radical (unpaired) electrons. The number of hydrogen-bond donors (Lipinski definition) is 2. The molecule has 122 valence electrons. The summed E-state index contributed by atoms with van der Waals surface area (Å²) < 4.78 is 28.2. The van der Waals surface area contributed by atoms with Crippen LogP contribution in [0.2, 0.25) is 0 Å². The molecule has 0 aliphatic rings. The van der Waals surface area contributed by atoms with Crippen LogP contribution >= 0.6 is 27.3 Å². The third-order valence-corrected chi connectivity index (χ3v) is 7.07. The summed E-state index contributed by atoms with van der Waals surface area (Å²) in [6.45, 7) is 10.3. The lowest BCUT2D eigenvalue weighted by atomic mass is 9.91. The Bertz CT molecular complexity index is 553. The first kappa shape index (κ1) is 19.1. The lowest BCUT2D eigenvalue weighted by molar-refractivity contribution is 0.350. The molecule has 7 heteroatoms. The first-order valence-electron chi connectivity index (χ1n) is 7.20. The van der Waals surface area contributed by atoms with E-state index in [4.69, 9.17) is 0 Å². The monoisotopic (exact) mass is 396 g/mol. The molecular weight excluding hydrogens is 372 g/mol. The van der Waals surface area contributed by atoms with E-state index in [2.05, 4.69) is 53.7 Å². The van der Waals surface area contributed by atoms with Gasteiger partial charge in [0.2, 0.25) is 10.0 Å². The van der Waals surface area contributed by atoms with Crippen molar-refractivity contribution in [2.75, 3.05) is 13.1 Å². The van der Waals surface area contributed by atoms with E-state index >= 15 is 0 Å². The summed E-state index contributed by atoms with van der Waals surface area (Å²) in [5, 5.41) is 3.28. The van der Waals surface area contributed by atoms with Crippen molar-refractivity contribution < 1.29 is 8.42 Å². The van der Waals surface area contributed by atoms with Gasteiger partial charge in [-0.05, 0) is 46.8 Å². The maximum Gasteiger partial charge on any atom is 0.242 e. The zero-order valence-corrected chi connectivity index (χ0v) is 16.3. The number of rotatable bonds is 9. The Labute approximate surface area is 140 Å². The number of nitrogens with one attached hydrogen (secondary N) is 2. The molecule has 1 rings (SSSR count). The largest absolute Gasteiger partial charge is 0.312 e. The molecule has 0 fully saturated rings. The molecule has 1 aromatic rings. The van der Waals surface area contributed by atoms with Crippen molar-refractivity contribution in [1.29, 1.82) is 0 Å². The Balaban J connectivity index is 2.79. The number of hydrogen-bond acceptors (Lipinski definition) is 4. The second-order valence-corrected chi connectivity index (χ2v) is 10.1. The minimum atomic E-state index is -3.46. The highest BCUT2D eigenvalue weighted by atomic mass is 79.9. The highest BCUT2D eigenvalue weighted by molar-refractivity contribution is 9.11. The van der Waals surface area contributed by atoms with Crippen LogP contribution in [-0.4, -0.2) is 21.5 Å². The van der Waals surface area contributed by atoms with Gasteiger partial charge in [0.25, 0.3) is 0 Å². The molecule has 0 saturated heterocycles. The maximum atomic E-state index is 12.4. The fourth-order valence-corrected chi connectivity index (χ4v) is 5.44. The smallest absolute Gasteiger partial charge is 0.242 e. The highest BCUT2D eigenvalue weighted by Gasteiger charge is 2.24. The maximum absolute atomic E-state index is 12.4. The van der Waals surface area contributed by atoms with E-state index in [0.717, 1.165) is 24.3 Å². The summed E-state index contributed by atoms with van der Waals surface area (Å²) in [7, 11) is -3.46. The predicted molar refractivity (Wildman–Crippen MR) is 93.3 cm³/mol. The van der Waals surface area contributed by atoms with Crippen molar-refractivity contribution in [1.82, 2.24) is 10.0 Å². The Morgan fingerprint density at radius 3 is 2.57 bits per heavy atom. The molecule has 1 heterocycles. The Hall–Kier alpha value is 0.0500. The van der Waals surface area contributed by atoms with E-state index < -0.39 is 10.0 Å². The summed E-state index contributed by atoms with van der Waals surface area (Å²) in [5.41, 5.74) is -0.0406. The van der Waals surface area contributed by atoms with Gasteiger partial charge < -0.3 is 5.32 Å². The lowest BCUT2D eigenvalue weighted by Crippen LogP contribution is -2.33. The van der Waals surface area contributed by atoms with E-state index in [-0.39, 0.29) is 5.41 Å². The summed E-state index contributed by atoms with van der Waals surface area (Å²) in [5.74, 6) is 0. The molecule has 0 spiro atoms. The van der Waals surface area contributed by atoms with Gasteiger partial charge in [-0.25, -0.2) is 13.1 Å². The molecule has 0 bridgehead atoms. The predicted octanol–water partition coefficient (Wildman–Crippen LogP) is 3.72. The molecule has 2 N–H and O–H groups in total. The molecule has 0 amide bonds. The first-order valence-corrected chi connectivity index (χ1v) is 10.3. The molecule has 0 atom stereocenters. The summed E-state index contributed by atoms with van der Waals surface area (Å²) in [6, 6.07) is 1.75. The summed E-state index contributed by atoms with van der Waals surface area (Å²) in [4.78, 5) is 1.36. The van der Waals surface area contributed by atoms with Crippen LogP contribution in [0.5, 0.6) is 0 Å². The van der Waals surface area contributed by atoms with Gasteiger partial charge in [0.05, 0.1) is 3.79 Å². The molecule has 0 aliphatic carbocycles. The fourth-order valence-electron chi connectivity index (χ4n) is 1.55. The summed E-state index contributed by atoms with van der Waals surface area (Å²) >= 11 is 4.84. The average molecular weight is 397 g/mol. The van der Waals surface area contributed by atoms with Crippen molar-refractivity contribution in [3.05, 3.63) is 14.7 Å². The zero-order valence-electron chi connectivity index (χ0n) is 13.1. The standard InChI is InChI=1S/C14H25BrN2O2S2/c1-5-7-16-9-11-8-12(13(15)20-11)21(18,19)17-10-14(3,4)6-2/h8,16-17H,5-7,9-10H2,1-4H3. The molecule has 4 nitrogen and oxygen atoms in total. The van der Waals surface area contributed by atoms with E-state index in [0.29, 0.717) is 21.8 Å². The minimum Gasteiger partial charge on any atom is -0.312 e. The SMILES string of the molecule is CCCNCc1cc(S(=O)(=O)NCC(C)(C)CC)c(Br)s1. The Kier molecular flexibility index (Phi) is 7.33. The van der Waals surface area contributed by atoms with Crippen LogP contribution in [0.4, 0.5) is 0 Å². The second-order valence-electron chi connectivity index (χ2n) is 5.87. The van der Waals surface area contributed by atoms with E-state index in [1.807, 2.05) is 0 Å². The molecule has 0 aliphatic heterocycles. The van der Waals surface area contributed by atoms with Gasteiger partial charge in [0, 0.05) is 18.0 Å². The van der Waals surface area contributed by atoms with Crippen molar-refractivity contribution in [2.45, 2.75) is 52.0 Å². The van der Waals surface area contributed by atoms with Crippen LogP contribution in [0.25, 0.3) is 0 Å². The topological polar surface area (TPSA) is 58.2 Å². The molecule has 21 heavy (non-hydrogen) atoms. The third-order valence-electron chi connectivity index (χ3n) is 3.42. The fraction of sp³-hybridized carbons (Fsp3) is 0.714. The van der Waals surface area contributed by atoms with Crippen molar-refractivity contribution in [3.8, 4) is 0 Å². The number of sulfonamides is 1. The Morgan fingerprint density at radius 2 is 2.00 bits per heavy atom. The van der Waals surface area contributed by atoms with Crippen LogP contribution in [0.15, 0.2) is 14.7 Å². The van der Waals surface area contributed by atoms with Crippen LogP contribution in [0.3, 0.4) is 0 Å². The quantitative estimate of drug-likeness (QED) is 0.625. The Morgan fingerprint density at radius 1 is 1.33 bits per heavy atom. The zero-order chi connectivity index (χ0) is 16.1. The van der Waals surface area contributed by atoms with Crippen molar-refractivity contribution in [3.63, 3.8) is 0 Å². The molecule has 0 aromatic carbocycles. The highest BCUT2D eigenvalue weighted by Crippen LogP contribution is 2.32. The van der Waals surface area contributed by atoms with Gasteiger partial charge in [0.1, 0.15) is 4.90 Å². The van der Waals surface area contributed by atoms with Gasteiger partial charge >= 0.3 is 0 Å². The van der Waals surface area contributed by atoms with Crippen molar-refractivity contribution >= 4 is 37.3 Å². The molecular formula is C14H25BrN2O2S2. The van der Waals surface area contributed by atoms with Crippen LogP contribution in [0, 0.1) is 5.41 Å². The van der Waals surface area contributed by atoms with Crippen LogP contribution < -0.4 is 10.0 Å². The van der Waals surface area contributed by atoms with Gasteiger partial charge in [-0.2, -0.15) is 0 Å². The van der Waals surface area contributed by atoms with E-state index in [1.54, 1.807) is 6.07 Å². The van der Waals surface area contributed by atoms with E-state index in [9.17, 15) is 8.42 Å². The lowest BCUT2D eigenvalue weighted by Gasteiger charge is -2.22. The van der Waals surface area contributed by atoms with Gasteiger partial charge in [-0.1, -0.05) is 27.7 Å². The number of thiophene rings is 1. The third kappa shape index (κ3) is 5.98. The summed E-state index contributed by atoms with van der Waals surface area (Å²) in [6.07, 6.45) is 1.98. The molecule has 1 aromatic heterocycles. The minimum absolute atomic E-state index is 0.0406. The molecule has 0 saturated carbocycles. The first-order chi connectivity index (χ1) is 9.72. The van der Waals surface area contributed by atoms with Gasteiger partial charge in [0.15, 0.2) is 0 Å². The van der Waals surface area contributed by atoms with Crippen molar-refractivity contribution in [2.24, 2.45) is 5.41 Å². The van der Waals surface area contributed by atoms with Gasteiger partial charge in [-0.15, -0.1) is 11.3 Å². The number of halogens is 1. The van der Waals surface area contributed by atoms with Crippen LogP contribution in [-0.2, 0) is 16.6 Å². The normalized spacial score (nSPS) is 12.8. The average Bonchev–Trinajstić information content (AvgIpc) is 2.79. The van der Waals surface area contributed by atoms with Gasteiger partial charge in [-0.3, -0.25) is 0 Å². The van der Waals surface area contributed by atoms with E-state index in [1.165, 1.54) is 11.3 Å². The van der Waals surface area contributed by atoms with Crippen LogP contribution in [0.1, 0.15) is 45.4 Å². The molecule has 0 unspecified atom stereocenters.